The minimum Gasteiger partial charge on any atom is -0.353 e. The van der Waals surface area contributed by atoms with Crippen LogP contribution < -0.4 is 10.6 Å². The normalized spacial score (nSPS) is 26.5. The molecule has 0 saturated carbocycles. The van der Waals surface area contributed by atoms with Crippen LogP contribution in [0.15, 0.2) is 0 Å². The van der Waals surface area contributed by atoms with E-state index in [9.17, 15) is 4.79 Å². The highest BCUT2D eigenvalue weighted by atomic mass is 16.1. The van der Waals surface area contributed by atoms with Gasteiger partial charge in [-0.05, 0) is 38.1 Å². The summed E-state index contributed by atoms with van der Waals surface area (Å²) < 4.78 is 0. The van der Waals surface area contributed by atoms with Crippen molar-refractivity contribution in [1.29, 1.82) is 0 Å². The molecule has 0 aromatic carbocycles. The number of carbonyl (C=O) groups is 1. The first kappa shape index (κ1) is 13.5. The Balaban J connectivity index is 2.23. The first-order valence-corrected chi connectivity index (χ1v) is 6.39. The first-order chi connectivity index (χ1) is 7.37. The van der Waals surface area contributed by atoms with Gasteiger partial charge in [0.15, 0.2) is 0 Å². The molecule has 0 radical (unpaired) electrons. The SMILES string of the molecule is CC1CC(NC(=O)CCC(C)(C)C)CCN1. The fourth-order valence-electron chi connectivity index (χ4n) is 2.05. The van der Waals surface area contributed by atoms with E-state index in [-0.39, 0.29) is 11.3 Å². The van der Waals surface area contributed by atoms with Gasteiger partial charge >= 0.3 is 0 Å². The van der Waals surface area contributed by atoms with E-state index in [4.69, 9.17) is 0 Å². The quantitative estimate of drug-likeness (QED) is 0.773. The molecule has 2 atom stereocenters. The molecule has 1 aliphatic heterocycles. The van der Waals surface area contributed by atoms with Crippen molar-refractivity contribution in [2.75, 3.05) is 6.54 Å². The molecule has 0 spiro atoms. The van der Waals surface area contributed by atoms with Gasteiger partial charge in [0, 0.05) is 18.5 Å². The fourth-order valence-corrected chi connectivity index (χ4v) is 2.05. The second-order valence-electron chi connectivity index (χ2n) is 6.20. The van der Waals surface area contributed by atoms with E-state index in [0.717, 1.165) is 25.8 Å². The van der Waals surface area contributed by atoms with Crippen molar-refractivity contribution in [3.63, 3.8) is 0 Å². The Morgan fingerprint density at radius 1 is 1.44 bits per heavy atom. The molecule has 0 bridgehead atoms. The molecule has 1 saturated heterocycles. The predicted molar refractivity (Wildman–Crippen MR) is 67.3 cm³/mol. The zero-order valence-electron chi connectivity index (χ0n) is 11.1. The van der Waals surface area contributed by atoms with Crippen LogP contribution in [-0.2, 0) is 4.79 Å². The summed E-state index contributed by atoms with van der Waals surface area (Å²) in [6.45, 7) is 9.71. The van der Waals surface area contributed by atoms with E-state index in [2.05, 4.69) is 38.3 Å². The van der Waals surface area contributed by atoms with Gasteiger partial charge in [0.1, 0.15) is 0 Å². The lowest BCUT2D eigenvalue weighted by atomic mass is 9.90. The molecular formula is C13H26N2O. The van der Waals surface area contributed by atoms with Crippen molar-refractivity contribution >= 4 is 5.91 Å². The molecule has 94 valence electrons. The lowest BCUT2D eigenvalue weighted by Gasteiger charge is -2.29. The van der Waals surface area contributed by atoms with Crippen LogP contribution >= 0.6 is 0 Å². The molecule has 2 N–H and O–H groups in total. The van der Waals surface area contributed by atoms with E-state index < -0.39 is 0 Å². The molecule has 1 fully saturated rings. The van der Waals surface area contributed by atoms with Crippen molar-refractivity contribution in [3.8, 4) is 0 Å². The van der Waals surface area contributed by atoms with Crippen molar-refractivity contribution < 1.29 is 4.79 Å². The molecule has 1 aliphatic rings. The summed E-state index contributed by atoms with van der Waals surface area (Å²) in [6, 6.07) is 0.908. The van der Waals surface area contributed by atoms with E-state index in [1.165, 1.54) is 0 Å². The summed E-state index contributed by atoms with van der Waals surface area (Å²) >= 11 is 0. The third kappa shape index (κ3) is 5.50. The van der Waals surface area contributed by atoms with Crippen LogP contribution in [0.4, 0.5) is 0 Å². The second kappa shape index (κ2) is 5.67. The van der Waals surface area contributed by atoms with Crippen molar-refractivity contribution in [3.05, 3.63) is 0 Å². The van der Waals surface area contributed by atoms with Gasteiger partial charge in [-0.15, -0.1) is 0 Å². The highest BCUT2D eigenvalue weighted by molar-refractivity contribution is 5.76. The van der Waals surface area contributed by atoms with Gasteiger partial charge in [-0.3, -0.25) is 4.79 Å². The van der Waals surface area contributed by atoms with Crippen LogP contribution in [0.25, 0.3) is 0 Å². The van der Waals surface area contributed by atoms with E-state index >= 15 is 0 Å². The van der Waals surface area contributed by atoms with Gasteiger partial charge < -0.3 is 10.6 Å². The number of piperidine rings is 1. The molecular weight excluding hydrogens is 200 g/mol. The average Bonchev–Trinajstić information content (AvgIpc) is 2.14. The zero-order chi connectivity index (χ0) is 12.2. The Bertz CT molecular complexity index is 233. The standard InChI is InChI=1S/C13H26N2O/c1-10-9-11(6-8-14-10)15-12(16)5-7-13(2,3)4/h10-11,14H,5-9H2,1-4H3,(H,15,16). The number of rotatable bonds is 3. The molecule has 3 heteroatoms. The molecule has 16 heavy (non-hydrogen) atoms. The lowest BCUT2D eigenvalue weighted by molar-refractivity contribution is -0.122. The van der Waals surface area contributed by atoms with Crippen molar-refractivity contribution in [2.24, 2.45) is 5.41 Å². The van der Waals surface area contributed by atoms with E-state index in [1.807, 2.05) is 0 Å². The topological polar surface area (TPSA) is 41.1 Å². The lowest BCUT2D eigenvalue weighted by Crippen LogP contribution is -2.46. The minimum atomic E-state index is 0.217. The second-order valence-corrected chi connectivity index (χ2v) is 6.20. The van der Waals surface area contributed by atoms with Gasteiger partial charge in [0.05, 0.1) is 0 Å². The largest absolute Gasteiger partial charge is 0.353 e. The van der Waals surface area contributed by atoms with Crippen LogP contribution in [0.3, 0.4) is 0 Å². The van der Waals surface area contributed by atoms with E-state index in [0.29, 0.717) is 18.5 Å². The van der Waals surface area contributed by atoms with Crippen molar-refractivity contribution in [2.45, 2.75) is 65.5 Å². The average molecular weight is 226 g/mol. The Morgan fingerprint density at radius 2 is 2.12 bits per heavy atom. The Hall–Kier alpha value is -0.570. The molecule has 3 nitrogen and oxygen atoms in total. The van der Waals surface area contributed by atoms with E-state index in [1.54, 1.807) is 0 Å². The molecule has 1 heterocycles. The Labute approximate surface area is 99.4 Å². The fraction of sp³-hybridized carbons (Fsp3) is 0.923. The van der Waals surface area contributed by atoms with Crippen LogP contribution in [-0.4, -0.2) is 24.5 Å². The summed E-state index contributed by atoms with van der Waals surface area (Å²) in [5.41, 5.74) is 0.249. The molecule has 0 aromatic rings. The summed E-state index contributed by atoms with van der Waals surface area (Å²) in [5, 5.41) is 6.53. The van der Waals surface area contributed by atoms with Crippen LogP contribution in [0.1, 0.15) is 53.4 Å². The molecule has 1 rings (SSSR count). The van der Waals surface area contributed by atoms with Crippen LogP contribution in [0.5, 0.6) is 0 Å². The van der Waals surface area contributed by atoms with Gasteiger partial charge in [-0.25, -0.2) is 0 Å². The van der Waals surface area contributed by atoms with Gasteiger partial charge in [0.2, 0.25) is 5.91 Å². The van der Waals surface area contributed by atoms with Crippen LogP contribution in [0, 0.1) is 5.41 Å². The maximum Gasteiger partial charge on any atom is 0.220 e. The monoisotopic (exact) mass is 226 g/mol. The molecule has 0 aliphatic carbocycles. The maximum absolute atomic E-state index is 11.7. The highest BCUT2D eigenvalue weighted by Crippen LogP contribution is 2.20. The summed E-state index contributed by atoms with van der Waals surface area (Å²) in [7, 11) is 0. The first-order valence-electron chi connectivity index (χ1n) is 6.39. The molecule has 1 amide bonds. The van der Waals surface area contributed by atoms with Crippen molar-refractivity contribution in [1.82, 2.24) is 10.6 Å². The van der Waals surface area contributed by atoms with Gasteiger partial charge in [-0.1, -0.05) is 20.8 Å². The van der Waals surface area contributed by atoms with Gasteiger partial charge in [0.25, 0.3) is 0 Å². The van der Waals surface area contributed by atoms with Gasteiger partial charge in [-0.2, -0.15) is 0 Å². The molecule has 0 aromatic heterocycles. The minimum absolute atomic E-state index is 0.217. The predicted octanol–water partition coefficient (Wildman–Crippen LogP) is 2.07. The summed E-state index contributed by atoms with van der Waals surface area (Å²) in [6.07, 6.45) is 3.73. The Kier molecular flexibility index (Phi) is 4.78. The smallest absolute Gasteiger partial charge is 0.220 e. The molecule has 2 unspecified atom stereocenters. The number of nitrogens with one attached hydrogen (secondary N) is 2. The highest BCUT2D eigenvalue weighted by Gasteiger charge is 2.20. The third-order valence-corrected chi connectivity index (χ3v) is 3.09. The van der Waals surface area contributed by atoms with Crippen LogP contribution in [0.2, 0.25) is 0 Å². The zero-order valence-corrected chi connectivity index (χ0v) is 11.1. The maximum atomic E-state index is 11.7. The summed E-state index contributed by atoms with van der Waals surface area (Å²) in [4.78, 5) is 11.7. The number of hydrogen-bond donors (Lipinski definition) is 2. The number of amides is 1. The Morgan fingerprint density at radius 3 is 2.69 bits per heavy atom. The summed E-state index contributed by atoms with van der Waals surface area (Å²) in [5.74, 6) is 0.217. The number of carbonyl (C=O) groups excluding carboxylic acids is 1. The number of hydrogen-bond acceptors (Lipinski definition) is 2. The third-order valence-electron chi connectivity index (χ3n) is 3.09.